The van der Waals surface area contributed by atoms with Crippen molar-refractivity contribution in [2.75, 3.05) is 13.7 Å². The Labute approximate surface area is 129 Å². The number of ether oxygens (including phenoxy) is 2. The van der Waals surface area contributed by atoms with Crippen molar-refractivity contribution in [3.8, 4) is 22.1 Å². The molecule has 4 nitrogen and oxygen atoms in total. The van der Waals surface area contributed by atoms with Crippen LogP contribution in [-0.2, 0) is 6.54 Å². The molecule has 0 atom stereocenters. The predicted molar refractivity (Wildman–Crippen MR) is 85.1 cm³/mol. The Morgan fingerprint density at radius 2 is 2.19 bits per heavy atom. The van der Waals surface area contributed by atoms with Crippen LogP contribution in [0.25, 0.3) is 10.6 Å². The molecule has 0 radical (unpaired) electrons. The zero-order chi connectivity index (χ0) is 14.7. The molecule has 1 heterocycles. The molecular weight excluding hydrogens is 284 g/mol. The number of benzene rings is 1. The van der Waals surface area contributed by atoms with E-state index in [4.69, 9.17) is 14.5 Å². The second-order valence-electron chi connectivity index (χ2n) is 5.10. The molecule has 0 unspecified atom stereocenters. The van der Waals surface area contributed by atoms with Crippen LogP contribution in [0, 0.1) is 0 Å². The number of rotatable bonds is 7. The lowest BCUT2D eigenvalue weighted by molar-refractivity contribution is 0.311. The van der Waals surface area contributed by atoms with Gasteiger partial charge >= 0.3 is 0 Å². The highest BCUT2D eigenvalue weighted by molar-refractivity contribution is 7.13. The van der Waals surface area contributed by atoms with Crippen molar-refractivity contribution in [1.29, 1.82) is 0 Å². The van der Waals surface area contributed by atoms with Crippen molar-refractivity contribution in [1.82, 2.24) is 10.3 Å². The van der Waals surface area contributed by atoms with Crippen LogP contribution in [0.15, 0.2) is 23.6 Å². The van der Waals surface area contributed by atoms with Gasteiger partial charge in [-0.15, -0.1) is 11.3 Å². The standard InChI is InChI=1S/C16H20N2O2S/c1-3-20-14-7-4-11(8-15(14)19-2)16-18-13(10-21-16)9-17-12-5-6-12/h4,7-8,10,12,17H,3,5-6,9H2,1-2H3. The zero-order valence-corrected chi connectivity index (χ0v) is 13.2. The Balaban J connectivity index is 1.75. The molecule has 0 aliphatic heterocycles. The highest BCUT2D eigenvalue weighted by atomic mass is 32.1. The lowest BCUT2D eigenvalue weighted by Gasteiger charge is -2.09. The van der Waals surface area contributed by atoms with Crippen LogP contribution in [0.1, 0.15) is 25.5 Å². The molecule has 2 aromatic rings. The maximum Gasteiger partial charge on any atom is 0.161 e. The Morgan fingerprint density at radius 1 is 1.33 bits per heavy atom. The zero-order valence-electron chi connectivity index (χ0n) is 12.4. The summed E-state index contributed by atoms with van der Waals surface area (Å²) >= 11 is 1.67. The van der Waals surface area contributed by atoms with Crippen molar-refractivity contribution in [2.45, 2.75) is 32.4 Å². The van der Waals surface area contributed by atoms with E-state index >= 15 is 0 Å². The fourth-order valence-corrected chi connectivity index (χ4v) is 2.95. The SMILES string of the molecule is CCOc1ccc(-c2nc(CNC3CC3)cs2)cc1OC. The van der Waals surface area contributed by atoms with Gasteiger partial charge in [0, 0.05) is 23.5 Å². The van der Waals surface area contributed by atoms with Crippen molar-refractivity contribution in [2.24, 2.45) is 0 Å². The number of methoxy groups -OCH3 is 1. The molecule has 1 saturated carbocycles. The maximum atomic E-state index is 5.54. The first-order chi connectivity index (χ1) is 10.3. The van der Waals surface area contributed by atoms with Gasteiger partial charge < -0.3 is 14.8 Å². The number of nitrogens with one attached hydrogen (secondary N) is 1. The molecule has 0 saturated heterocycles. The van der Waals surface area contributed by atoms with Gasteiger partial charge in [-0.25, -0.2) is 4.98 Å². The van der Waals surface area contributed by atoms with Gasteiger partial charge in [-0.1, -0.05) is 0 Å². The van der Waals surface area contributed by atoms with E-state index in [1.165, 1.54) is 12.8 Å². The molecule has 5 heteroatoms. The largest absolute Gasteiger partial charge is 0.493 e. The second kappa shape index (κ2) is 6.45. The van der Waals surface area contributed by atoms with Crippen molar-refractivity contribution in [3.63, 3.8) is 0 Å². The monoisotopic (exact) mass is 304 g/mol. The second-order valence-corrected chi connectivity index (χ2v) is 5.96. The van der Waals surface area contributed by atoms with Crippen LogP contribution in [-0.4, -0.2) is 24.7 Å². The first-order valence-corrected chi connectivity index (χ1v) is 8.17. The summed E-state index contributed by atoms with van der Waals surface area (Å²) in [7, 11) is 1.66. The average molecular weight is 304 g/mol. The molecular formula is C16H20N2O2S. The van der Waals surface area contributed by atoms with E-state index in [0.29, 0.717) is 12.6 Å². The summed E-state index contributed by atoms with van der Waals surface area (Å²) in [5.41, 5.74) is 2.17. The van der Waals surface area contributed by atoms with Crippen molar-refractivity contribution < 1.29 is 9.47 Å². The summed E-state index contributed by atoms with van der Waals surface area (Å²) in [6.45, 7) is 3.45. The number of aromatic nitrogens is 1. The molecule has 0 amide bonds. The number of hydrogen-bond donors (Lipinski definition) is 1. The minimum absolute atomic E-state index is 0.629. The van der Waals surface area contributed by atoms with Gasteiger partial charge in [0.25, 0.3) is 0 Å². The Hall–Kier alpha value is -1.59. The molecule has 3 rings (SSSR count). The van der Waals surface area contributed by atoms with Crippen molar-refractivity contribution in [3.05, 3.63) is 29.3 Å². The fourth-order valence-electron chi connectivity index (χ4n) is 2.13. The van der Waals surface area contributed by atoms with Crippen LogP contribution in [0.3, 0.4) is 0 Å². The summed E-state index contributed by atoms with van der Waals surface area (Å²) in [6, 6.07) is 6.67. The normalized spacial score (nSPS) is 14.2. The van der Waals surface area contributed by atoms with E-state index in [-0.39, 0.29) is 0 Å². The summed E-state index contributed by atoms with van der Waals surface area (Å²) in [6.07, 6.45) is 2.60. The Morgan fingerprint density at radius 3 is 2.90 bits per heavy atom. The summed E-state index contributed by atoms with van der Waals surface area (Å²) in [4.78, 5) is 4.69. The molecule has 1 aromatic carbocycles. The molecule has 1 aliphatic rings. The fraction of sp³-hybridized carbons (Fsp3) is 0.438. The third kappa shape index (κ3) is 3.54. The van der Waals surface area contributed by atoms with E-state index in [9.17, 15) is 0 Å². The molecule has 0 bridgehead atoms. The number of nitrogens with zero attached hydrogens (tertiary/aromatic N) is 1. The number of thiazole rings is 1. The molecule has 1 aliphatic carbocycles. The summed E-state index contributed by atoms with van der Waals surface area (Å²) in [5.74, 6) is 1.53. The van der Waals surface area contributed by atoms with Gasteiger partial charge in [0.1, 0.15) is 5.01 Å². The molecule has 1 aromatic heterocycles. The van der Waals surface area contributed by atoms with E-state index in [1.54, 1.807) is 18.4 Å². The topological polar surface area (TPSA) is 43.4 Å². The van der Waals surface area contributed by atoms with Gasteiger partial charge in [0.2, 0.25) is 0 Å². The van der Waals surface area contributed by atoms with E-state index in [2.05, 4.69) is 10.7 Å². The predicted octanol–water partition coefficient (Wildman–Crippen LogP) is 3.47. The molecule has 0 spiro atoms. The minimum Gasteiger partial charge on any atom is -0.493 e. The van der Waals surface area contributed by atoms with Crippen LogP contribution in [0.4, 0.5) is 0 Å². The maximum absolute atomic E-state index is 5.54. The molecule has 1 fully saturated rings. The van der Waals surface area contributed by atoms with Crippen LogP contribution in [0.5, 0.6) is 11.5 Å². The smallest absolute Gasteiger partial charge is 0.161 e. The molecule has 112 valence electrons. The van der Waals surface area contributed by atoms with Gasteiger partial charge in [-0.3, -0.25) is 0 Å². The number of hydrogen-bond acceptors (Lipinski definition) is 5. The van der Waals surface area contributed by atoms with E-state index < -0.39 is 0 Å². The average Bonchev–Trinajstić information content (AvgIpc) is 3.22. The first kappa shape index (κ1) is 14.4. The van der Waals surface area contributed by atoms with Crippen LogP contribution < -0.4 is 14.8 Å². The summed E-state index contributed by atoms with van der Waals surface area (Å²) in [5, 5.41) is 6.62. The first-order valence-electron chi connectivity index (χ1n) is 7.29. The van der Waals surface area contributed by atoms with Crippen LogP contribution in [0.2, 0.25) is 0 Å². The lowest BCUT2D eigenvalue weighted by atomic mass is 10.2. The van der Waals surface area contributed by atoms with E-state index in [0.717, 1.165) is 34.3 Å². The molecule has 21 heavy (non-hydrogen) atoms. The Bertz CT molecular complexity index is 608. The lowest BCUT2D eigenvalue weighted by Crippen LogP contribution is -2.15. The van der Waals surface area contributed by atoms with Crippen LogP contribution >= 0.6 is 11.3 Å². The highest BCUT2D eigenvalue weighted by Crippen LogP contribution is 2.33. The van der Waals surface area contributed by atoms with Gasteiger partial charge in [-0.2, -0.15) is 0 Å². The van der Waals surface area contributed by atoms with E-state index in [1.807, 2.05) is 25.1 Å². The summed E-state index contributed by atoms with van der Waals surface area (Å²) < 4.78 is 10.9. The Kier molecular flexibility index (Phi) is 4.41. The quantitative estimate of drug-likeness (QED) is 0.850. The molecule has 1 N–H and O–H groups in total. The highest BCUT2D eigenvalue weighted by Gasteiger charge is 2.20. The van der Waals surface area contributed by atoms with Gasteiger partial charge in [0.15, 0.2) is 11.5 Å². The third-order valence-electron chi connectivity index (χ3n) is 3.41. The van der Waals surface area contributed by atoms with Gasteiger partial charge in [-0.05, 0) is 38.0 Å². The minimum atomic E-state index is 0.629. The van der Waals surface area contributed by atoms with Crippen molar-refractivity contribution >= 4 is 11.3 Å². The van der Waals surface area contributed by atoms with Gasteiger partial charge in [0.05, 0.1) is 19.4 Å². The third-order valence-corrected chi connectivity index (χ3v) is 4.35.